The molecule has 4 heteroatoms. The van der Waals surface area contributed by atoms with Crippen LogP contribution in [0.3, 0.4) is 0 Å². The van der Waals surface area contributed by atoms with Gasteiger partial charge in [0.05, 0.1) is 0 Å². The molecule has 3 rings (SSSR count). The monoisotopic (exact) mass is 330 g/mol. The second kappa shape index (κ2) is 6.79. The lowest BCUT2D eigenvalue weighted by atomic mass is 9.96. The average molecular weight is 331 g/mol. The van der Waals surface area contributed by atoms with Crippen molar-refractivity contribution in [2.24, 2.45) is 5.92 Å². The molecule has 0 spiro atoms. The summed E-state index contributed by atoms with van der Waals surface area (Å²) < 4.78 is 0. The van der Waals surface area contributed by atoms with Crippen LogP contribution in [0.5, 0.6) is 0 Å². The van der Waals surface area contributed by atoms with Crippen molar-refractivity contribution in [2.45, 2.75) is 33.1 Å². The van der Waals surface area contributed by atoms with Crippen molar-refractivity contribution >= 4 is 34.0 Å². The zero-order valence-electron chi connectivity index (χ0n) is 13.7. The first-order valence-corrected chi connectivity index (χ1v) is 8.76. The molecule has 1 amide bonds. The molecule has 0 atom stereocenters. The van der Waals surface area contributed by atoms with Crippen molar-refractivity contribution in [2.75, 3.05) is 13.1 Å². The molecule has 0 bridgehead atoms. The summed E-state index contributed by atoms with van der Waals surface area (Å²) in [7, 11) is 0. The van der Waals surface area contributed by atoms with Crippen LogP contribution in [0, 0.1) is 5.92 Å². The van der Waals surface area contributed by atoms with Gasteiger partial charge in [0.15, 0.2) is 0 Å². The van der Waals surface area contributed by atoms with Gasteiger partial charge >= 0.3 is 0 Å². The highest BCUT2D eigenvalue weighted by Gasteiger charge is 2.23. The lowest BCUT2D eigenvalue weighted by Crippen LogP contribution is -2.38. The number of carbonyl (C=O) groups excluding carboxylic acids is 1. The van der Waals surface area contributed by atoms with E-state index in [9.17, 15) is 4.79 Å². The first-order valence-electron chi connectivity index (χ1n) is 8.38. The zero-order chi connectivity index (χ0) is 16.4. The van der Waals surface area contributed by atoms with Crippen LogP contribution in [-0.4, -0.2) is 28.9 Å². The Morgan fingerprint density at radius 1 is 1.35 bits per heavy atom. The number of rotatable bonds is 4. The maximum absolute atomic E-state index is 12.5. The van der Waals surface area contributed by atoms with Crippen LogP contribution in [-0.2, 0) is 4.79 Å². The minimum Gasteiger partial charge on any atom is -0.361 e. The van der Waals surface area contributed by atoms with Gasteiger partial charge in [-0.3, -0.25) is 4.79 Å². The molecule has 1 aliphatic heterocycles. The highest BCUT2D eigenvalue weighted by molar-refractivity contribution is 6.31. The Balaban J connectivity index is 1.79. The van der Waals surface area contributed by atoms with Crippen LogP contribution in [0.25, 0.3) is 16.5 Å². The molecule has 0 saturated heterocycles. The molecule has 2 aromatic rings. The van der Waals surface area contributed by atoms with Gasteiger partial charge in [-0.1, -0.05) is 37.6 Å². The predicted octanol–water partition coefficient (Wildman–Crippen LogP) is 4.87. The number of H-pyrrole nitrogens is 1. The number of hydrogen-bond donors (Lipinski definition) is 1. The van der Waals surface area contributed by atoms with Gasteiger partial charge in [0, 0.05) is 46.7 Å². The molecule has 0 fully saturated rings. The molecule has 1 aromatic heterocycles. The Hall–Kier alpha value is -1.74. The first-order chi connectivity index (χ1) is 11.1. The van der Waals surface area contributed by atoms with Crippen LogP contribution in [0.2, 0.25) is 5.02 Å². The van der Waals surface area contributed by atoms with Gasteiger partial charge < -0.3 is 9.88 Å². The van der Waals surface area contributed by atoms with Gasteiger partial charge in [0.2, 0.25) is 5.91 Å². The Morgan fingerprint density at radius 2 is 2.13 bits per heavy atom. The summed E-state index contributed by atoms with van der Waals surface area (Å²) in [5.41, 5.74) is 3.60. The van der Waals surface area contributed by atoms with E-state index in [-0.39, 0.29) is 5.92 Å². The van der Waals surface area contributed by atoms with Crippen molar-refractivity contribution in [3.8, 4) is 0 Å². The van der Waals surface area contributed by atoms with E-state index in [0.29, 0.717) is 12.5 Å². The average Bonchev–Trinajstić information content (AvgIpc) is 2.99. The number of halogens is 1. The highest BCUT2D eigenvalue weighted by Crippen LogP contribution is 2.31. The molecule has 1 aromatic carbocycles. The van der Waals surface area contributed by atoms with Crippen molar-refractivity contribution in [1.29, 1.82) is 0 Å². The first kappa shape index (κ1) is 16.1. The summed E-state index contributed by atoms with van der Waals surface area (Å²) in [5, 5.41) is 1.94. The number of carbonyl (C=O) groups is 1. The third-order valence-electron chi connectivity index (χ3n) is 4.85. The maximum Gasteiger partial charge on any atom is 0.225 e. The van der Waals surface area contributed by atoms with E-state index in [4.69, 9.17) is 11.6 Å². The molecule has 0 aliphatic carbocycles. The number of nitrogens with zero attached hydrogens (tertiary/aromatic N) is 1. The lowest BCUT2D eigenvalue weighted by molar-refractivity contribution is -0.135. The van der Waals surface area contributed by atoms with E-state index >= 15 is 0 Å². The molecule has 0 saturated carbocycles. The second-order valence-corrected chi connectivity index (χ2v) is 6.61. The third kappa shape index (κ3) is 3.16. The summed E-state index contributed by atoms with van der Waals surface area (Å²) in [6.45, 7) is 5.70. The Labute approximate surface area is 142 Å². The summed E-state index contributed by atoms with van der Waals surface area (Å²) >= 11 is 6.05. The fourth-order valence-electron chi connectivity index (χ4n) is 3.37. The molecule has 1 N–H and O–H groups in total. The molecule has 23 heavy (non-hydrogen) atoms. The minimum atomic E-state index is 0.167. The molecule has 2 heterocycles. The summed E-state index contributed by atoms with van der Waals surface area (Å²) in [4.78, 5) is 17.8. The largest absolute Gasteiger partial charge is 0.361 e. The molecule has 3 nitrogen and oxygen atoms in total. The topological polar surface area (TPSA) is 36.1 Å². The predicted molar refractivity (Wildman–Crippen MR) is 96.6 cm³/mol. The molecule has 122 valence electrons. The van der Waals surface area contributed by atoms with Crippen molar-refractivity contribution in [3.05, 3.63) is 41.1 Å². The van der Waals surface area contributed by atoms with E-state index < -0.39 is 0 Å². The fourth-order valence-corrected chi connectivity index (χ4v) is 3.55. The number of benzene rings is 1. The van der Waals surface area contributed by atoms with Crippen molar-refractivity contribution < 1.29 is 4.79 Å². The van der Waals surface area contributed by atoms with Gasteiger partial charge in [-0.15, -0.1) is 0 Å². The fraction of sp³-hybridized carbons (Fsp3) is 0.421. The van der Waals surface area contributed by atoms with Gasteiger partial charge in [0.1, 0.15) is 0 Å². The van der Waals surface area contributed by atoms with E-state index in [1.807, 2.05) is 23.2 Å². The number of amides is 1. The highest BCUT2D eigenvalue weighted by atomic mass is 35.5. The Morgan fingerprint density at radius 3 is 2.78 bits per heavy atom. The molecular formula is C19H23ClN2O. The van der Waals surface area contributed by atoms with Gasteiger partial charge in [-0.05, 0) is 37.0 Å². The lowest BCUT2D eigenvalue weighted by Gasteiger charge is -2.29. The Bertz CT molecular complexity index is 743. The standard InChI is InChI=1S/C19H23ClN2O/c1-3-13(4-2)19(23)22-9-7-14(8-10-22)17-12-21-18-11-15(20)5-6-16(17)18/h5-7,11-13,21H,3-4,8-10H2,1-2H3. The molecular weight excluding hydrogens is 308 g/mol. The number of aromatic amines is 1. The molecule has 0 unspecified atom stereocenters. The zero-order valence-corrected chi connectivity index (χ0v) is 14.5. The molecule has 0 radical (unpaired) electrons. The second-order valence-electron chi connectivity index (χ2n) is 6.17. The number of fused-ring (bicyclic) bond motifs is 1. The number of aromatic nitrogens is 1. The summed E-state index contributed by atoms with van der Waals surface area (Å²) in [5.74, 6) is 0.469. The van der Waals surface area contributed by atoms with E-state index in [1.54, 1.807) is 0 Å². The van der Waals surface area contributed by atoms with E-state index in [1.165, 1.54) is 16.5 Å². The summed E-state index contributed by atoms with van der Waals surface area (Å²) in [6, 6.07) is 5.94. The van der Waals surface area contributed by atoms with E-state index in [0.717, 1.165) is 36.3 Å². The van der Waals surface area contributed by atoms with Crippen LogP contribution in [0.15, 0.2) is 30.5 Å². The maximum atomic E-state index is 12.5. The third-order valence-corrected chi connectivity index (χ3v) is 5.08. The van der Waals surface area contributed by atoms with E-state index in [2.05, 4.69) is 31.0 Å². The number of hydrogen-bond acceptors (Lipinski definition) is 1. The van der Waals surface area contributed by atoms with Crippen LogP contribution >= 0.6 is 11.6 Å². The van der Waals surface area contributed by atoms with Crippen molar-refractivity contribution in [1.82, 2.24) is 9.88 Å². The minimum absolute atomic E-state index is 0.167. The SMILES string of the molecule is CCC(CC)C(=O)N1CC=C(c2c[nH]c3cc(Cl)ccc23)CC1. The quantitative estimate of drug-likeness (QED) is 0.852. The normalized spacial score (nSPS) is 15.3. The summed E-state index contributed by atoms with van der Waals surface area (Å²) in [6.07, 6.45) is 6.99. The van der Waals surface area contributed by atoms with Gasteiger partial charge in [0.25, 0.3) is 0 Å². The Kier molecular flexibility index (Phi) is 4.76. The van der Waals surface area contributed by atoms with Crippen LogP contribution in [0.4, 0.5) is 0 Å². The number of nitrogens with one attached hydrogen (secondary N) is 1. The van der Waals surface area contributed by atoms with Gasteiger partial charge in [-0.25, -0.2) is 0 Å². The van der Waals surface area contributed by atoms with Gasteiger partial charge in [-0.2, -0.15) is 0 Å². The molecule has 1 aliphatic rings. The van der Waals surface area contributed by atoms with Crippen molar-refractivity contribution in [3.63, 3.8) is 0 Å². The van der Waals surface area contributed by atoms with Crippen LogP contribution in [0.1, 0.15) is 38.7 Å². The van der Waals surface area contributed by atoms with Crippen LogP contribution < -0.4 is 0 Å². The smallest absolute Gasteiger partial charge is 0.225 e.